The van der Waals surface area contributed by atoms with Crippen LogP contribution in [0.5, 0.6) is 11.5 Å². The van der Waals surface area contributed by atoms with E-state index >= 15 is 0 Å². The van der Waals surface area contributed by atoms with Gasteiger partial charge in [0.1, 0.15) is 5.54 Å². The van der Waals surface area contributed by atoms with Gasteiger partial charge in [0.05, 0.1) is 14.2 Å². The Morgan fingerprint density at radius 2 is 1.83 bits per heavy atom. The summed E-state index contributed by atoms with van der Waals surface area (Å²) in [7, 11) is 3.01. The molecule has 1 heterocycles. The van der Waals surface area contributed by atoms with Crippen molar-refractivity contribution in [3.05, 3.63) is 65.7 Å². The summed E-state index contributed by atoms with van der Waals surface area (Å²) < 4.78 is 10.6. The quantitative estimate of drug-likeness (QED) is 0.541. The highest BCUT2D eigenvalue weighted by molar-refractivity contribution is 6.09. The predicted octanol–water partition coefficient (Wildman–Crippen LogP) is 2.61. The molecule has 1 aliphatic rings. The summed E-state index contributed by atoms with van der Waals surface area (Å²) in [4.78, 5) is 37.9. The molecule has 4 amide bonds. The van der Waals surface area contributed by atoms with E-state index in [1.165, 1.54) is 26.4 Å². The highest BCUT2D eigenvalue weighted by Crippen LogP contribution is 2.32. The van der Waals surface area contributed by atoms with Crippen LogP contribution in [0.4, 0.5) is 4.79 Å². The Bertz CT molecular complexity index is 990. The lowest BCUT2D eigenvalue weighted by atomic mass is 9.87. The number of carbonyl (C=O) groups is 3. The molecule has 8 nitrogen and oxygen atoms in total. The summed E-state index contributed by atoms with van der Waals surface area (Å²) in [6, 6.07) is 13.5. The van der Waals surface area contributed by atoms with Crippen molar-refractivity contribution in [2.75, 3.05) is 14.2 Å². The van der Waals surface area contributed by atoms with Crippen molar-refractivity contribution in [1.29, 1.82) is 0 Å². The molecule has 8 heteroatoms. The highest BCUT2D eigenvalue weighted by atomic mass is 16.5. The number of hydrazine groups is 1. The third-order valence-corrected chi connectivity index (χ3v) is 4.96. The largest absolute Gasteiger partial charge is 0.493 e. The number of para-hydroxylation sites is 1. The summed E-state index contributed by atoms with van der Waals surface area (Å²) in [5.41, 5.74) is 2.39. The number of urea groups is 1. The molecule has 2 N–H and O–H groups in total. The van der Waals surface area contributed by atoms with Crippen LogP contribution in [0.15, 0.2) is 54.6 Å². The van der Waals surface area contributed by atoms with Crippen LogP contribution in [0.2, 0.25) is 0 Å². The van der Waals surface area contributed by atoms with Gasteiger partial charge in [-0.3, -0.25) is 15.0 Å². The van der Waals surface area contributed by atoms with Crippen molar-refractivity contribution in [2.24, 2.45) is 0 Å². The zero-order valence-corrected chi connectivity index (χ0v) is 17.0. The van der Waals surface area contributed by atoms with Gasteiger partial charge >= 0.3 is 6.03 Å². The van der Waals surface area contributed by atoms with Crippen molar-refractivity contribution >= 4 is 23.9 Å². The van der Waals surface area contributed by atoms with Crippen LogP contribution in [0, 0.1) is 0 Å². The molecule has 1 fully saturated rings. The topological polar surface area (TPSA) is 97.0 Å². The van der Waals surface area contributed by atoms with Gasteiger partial charge in [0.2, 0.25) is 0 Å². The van der Waals surface area contributed by atoms with E-state index in [4.69, 9.17) is 9.47 Å². The lowest BCUT2D eigenvalue weighted by molar-refractivity contribution is -0.138. The van der Waals surface area contributed by atoms with Gasteiger partial charge in [0.15, 0.2) is 11.5 Å². The van der Waals surface area contributed by atoms with Crippen molar-refractivity contribution in [2.45, 2.75) is 18.9 Å². The molecular weight excluding hydrogens is 386 g/mol. The Hall–Kier alpha value is -3.81. The number of amides is 4. The molecule has 0 spiro atoms. The van der Waals surface area contributed by atoms with Gasteiger partial charge in [-0.15, -0.1) is 0 Å². The van der Waals surface area contributed by atoms with Crippen LogP contribution in [0.1, 0.15) is 24.5 Å². The number of hydrogen-bond acceptors (Lipinski definition) is 5. The molecule has 156 valence electrons. The third kappa shape index (κ3) is 3.71. The van der Waals surface area contributed by atoms with Crippen molar-refractivity contribution in [3.8, 4) is 11.5 Å². The van der Waals surface area contributed by atoms with E-state index in [9.17, 15) is 14.4 Å². The maximum Gasteiger partial charge on any atom is 0.344 e. The SMILES string of the molecule is CC[C@@]1(c2ccccc2)NC(=O)N(NC(=O)/C=C/c2cccc(OC)c2OC)C1=O. The van der Waals surface area contributed by atoms with Gasteiger partial charge in [-0.1, -0.05) is 49.4 Å². The number of benzene rings is 2. The van der Waals surface area contributed by atoms with Gasteiger partial charge in [-0.2, -0.15) is 5.01 Å². The van der Waals surface area contributed by atoms with Gasteiger partial charge in [-0.05, 0) is 24.1 Å². The molecule has 2 aromatic carbocycles. The second-order valence-electron chi connectivity index (χ2n) is 6.59. The molecule has 1 atom stereocenters. The summed E-state index contributed by atoms with van der Waals surface area (Å²) >= 11 is 0. The average molecular weight is 409 g/mol. The number of rotatable bonds is 7. The number of ether oxygens (including phenoxy) is 2. The number of methoxy groups -OCH3 is 2. The van der Waals surface area contributed by atoms with E-state index in [1.807, 2.05) is 6.07 Å². The molecule has 0 saturated carbocycles. The summed E-state index contributed by atoms with van der Waals surface area (Å²) in [6.07, 6.45) is 3.07. The van der Waals surface area contributed by atoms with Crippen LogP contribution in [0.3, 0.4) is 0 Å². The molecule has 0 aliphatic carbocycles. The Morgan fingerprint density at radius 3 is 2.47 bits per heavy atom. The van der Waals surface area contributed by atoms with Gasteiger partial charge in [0, 0.05) is 11.6 Å². The lowest BCUT2D eigenvalue weighted by Crippen LogP contribution is -2.48. The van der Waals surface area contributed by atoms with Crippen LogP contribution < -0.4 is 20.2 Å². The standard InChI is InChI=1S/C22H23N3O5/c1-4-22(16-10-6-5-7-11-16)20(27)25(21(28)23-22)24-18(26)14-13-15-9-8-12-17(29-2)19(15)30-3/h5-14H,4H2,1-3H3,(H,23,28)(H,24,26)/b14-13+/t22-/m0/s1. The molecule has 2 aromatic rings. The van der Waals surface area contributed by atoms with Gasteiger partial charge < -0.3 is 14.8 Å². The summed E-state index contributed by atoms with van der Waals surface area (Å²) in [5, 5.41) is 3.42. The Morgan fingerprint density at radius 1 is 1.10 bits per heavy atom. The number of carbonyl (C=O) groups excluding carboxylic acids is 3. The number of hydrogen-bond donors (Lipinski definition) is 2. The molecule has 30 heavy (non-hydrogen) atoms. The molecule has 1 aliphatic heterocycles. The Kier molecular flexibility index (Phi) is 6.06. The Labute approximate surface area is 174 Å². The monoisotopic (exact) mass is 409 g/mol. The maximum atomic E-state index is 13.0. The first-order chi connectivity index (χ1) is 14.5. The van der Waals surface area contributed by atoms with E-state index in [1.54, 1.807) is 49.4 Å². The second-order valence-corrected chi connectivity index (χ2v) is 6.59. The van der Waals surface area contributed by atoms with E-state index < -0.39 is 23.4 Å². The smallest absolute Gasteiger partial charge is 0.344 e. The minimum Gasteiger partial charge on any atom is -0.493 e. The molecule has 3 rings (SSSR count). The van der Waals surface area contributed by atoms with Gasteiger partial charge in [0.25, 0.3) is 11.8 Å². The fourth-order valence-electron chi connectivity index (χ4n) is 3.39. The summed E-state index contributed by atoms with van der Waals surface area (Å²) in [5.74, 6) is -0.192. The first-order valence-corrected chi connectivity index (χ1v) is 9.38. The normalized spacial score (nSPS) is 18.4. The second kappa shape index (κ2) is 8.69. The zero-order chi connectivity index (χ0) is 21.7. The highest BCUT2D eigenvalue weighted by Gasteiger charge is 2.52. The predicted molar refractivity (Wildman–Crippen MR) is 111 cm³/mol. The minimum atomic E-state index is -1.22. The van der Waals surface area contributed by atoms with E-state index in [0.717, 1.165) is 0 Å². The minimum absolute atomic E-state index is 0.338. The third-order valence-electron chi connectivity index (χ3n) is 4.96. The fraction of sp³-hybridized carbons (Fsp3) is 0.227. The van der Waals surface area contributed by atoms with Crippen molar-refractivity contribution in [3.63, 3.8) is 0 Å². The van der Waals surface area contributed by atoms with E-state index in [-0.39, 0.29) is 0 Å². The molecule has 0 radical (unpaired) electrons. The molecular formula is C22H23N3O5. The van der Waals surface area contributed by atoms with Crippen LogP contribution in [0.25, 0.3) is 6.08 Å². The van der Waals surface area contributed by atoms with E-state index in [2.05, 4.69) is 10.7 Å². The number of nitrogens with zero attached hydrogens (tertiary/aromatic N) is 1. The van der Waals surface area contributed by atoms with Crippen molar-refractivity contribution in [1.82, 2.24) is 15.8 Å². The molecule has 1 saturated heterocycles. The zero-order valence-electron chi connectivity index (χ0n) is 17.0. The molecule has 0 unspecified atom stereocenters. The van der Waals surface area contributed by atoms with Crippen LogP contribution >= 0.6 is 0 Å². The van der Waals surface area contributed by atoms with Crippen molar-refractivity contribution < 1.29 is 23.9 Å². The average Bonchev–Trinajstić information content (AvgIpc) is 3.02. The first kappa shape index (κ1) is 20.9. The summed E-state index contributed by atoms with van der Waals surface area (Å²) in [6.45, 7) is 1.80. The molecule has 0 bridgehead atoms. The first-order valence-electron chi connectivity index (χ1n) is 9.38. The van der Waals surface area contributed by atoms with Crippen LogP contribution in [-0.4, -0.2) is 37.1 Å². The fourth-order valence-corrected chi connectivity index (χ4v) is 3.39. The maximum absolute atomic E-state index is 13.0. The van der Waals surface area contributed by atoms with E-state index in [0.29, 0.717) is 34.1 Å². The van der Waals surface area contributed by atoms with Crippen LogP contribution in [-0.2, 0) is 15.1 Å². The van der Waals surface area contributed by atoms with Gasteiger partial charge in [-0.25, -0.2) is 4.79 Å². The Balaban J connectivity index is 1.78. The number of nitrogens with one attached hydrogen (secondary N) is 2. The lowest BCUT2D eigenvalue weighted by Gasteiger charge is -2.25. The molecule has 0 aromatic heterocycles. The number of imide groups is 1.